The zero-order valence-electron chi connectivity index (χ0n) is 14.8. The predicted molar refractivity (Wildman–Crippen MR) is 91.3 cm³/mol. The van der Waals surface area contributed by atoms with Gasteiger partial charge in [0.2, 0.25) is 5.91 Å². The molecule has 2 rings (SSSR count). The first kappa shape index (κ1) is 18.5. The Balaban J connectivity index is 2.24. The van der Waals surface area contributed by atoms with Gasteiger partial charge < -0.3 is 14.4 Å². The van der Waals surface area contributed by atoms with Crippen LogP contribution in [0.1, 0.15) is 45.6 Å². The monoisotopic (exact) mass is 333 g/mol. The molecule has 5 heteroatoms. The second-order valence-electron chi connectivity index (χ2n) is 6.33. The molecule has 0 aromatic heterocycles. The first-order valence-corrected chi connectivity index (χ1v) is 8.61. The number of rotatable bonds is 6. The Bertz CT molecular complexity index is 560. The number of nitrogens with zero attached hydrogens (tertiary/aromatic N) is 1. The Labute approximate surface area is 143 Å². The summed E-state index contributed by atoms with van der Waals surface area (Å²) in [6.07, 6.45) is 2.66. The molecule has 5 nitrogen and oxygen atoms in total. The largest absolute Gasteiger partial charge is 0.464 e. The lowest BCUT2D eigenvalue weighted by Crippen LogP contribution is -2.60. The topological polar surface area (TPSA) is 55.8 Å². The Morgan fingerprint density at radius 1 is 1.25 bits per heavy atom. The Morgan fingerprint density at radius 2 is 1.96 bits per heavy atom. The molecule has 1 heterocycles. The Kier molecular flexibility index (Phi) is 6.37. The van der Waals surface area contributed by atoms with E-state index in [0.29, 0.717) is 13.2 Å². The molecule has 0 saturated carbocycles. The number of amides is 1. The summed E-state index contributed by atoms with van der Waals surface area (Å²) >= 11 is 0. The van der Waals surface area contributed by atoms with Crippen molar-refractivity contribution in [2.45, 2.75) is 58.3 Å². The van der Waals surface area contributed by atoms with Crippen LogP contribution in [0.5, 0.6) is 0 Å². The highest BCUT2D eigenvalue weighted by atomic mass is 16.6. The summed E-state index contributed by atoms with van der Waals surface area (Å²) in [5.41, 5.74) is -0.184. The van der Waals surface area contributed by atoms with Gasteiger partial charge in [-0.05, 0) is 38.7 Å². The minimum absolute atomic E-state index is 0.0291. The molecule has 1 saturated heterocycles. The second kappa shape index (κ2) is 8.29. The lowest BCUT2D eigenvalue weighted by Gasteiger charge is -2.44. The number of carbonyl (C=O) groups is 2. The number of piperidine rings is 1. The quantitative estimate of drug-likeness (QED) is 0.751. The molecule has 1 aromatic rings. The van der Waals surface area contributed by atoms with E-state index in [1.807, 2.05) is 30.3 Å². The van der Waals surface area contributed by atoms with E-state index in [1.54, 1.807) is 25.7 Å². The molecule has 0 bridgehead atoms. The van der Waals surface area contributed by atoms with Crippen LogP contribution in [0, 0.1) is 0 Å². The van der Waals surface area contributed by atoms with Crippen LogP contribution in [-0.4, -0.2) is 41.6 Å². The summed E-state index contributed by atoms with van der Waals surface area (Å²) in [4.78, 5) is 26.5. The van der Waals surface area contributed by atoms with E-state index in [-0.39, 0.29) is 18.6 Å². The van der Waals surface area contributed by atoms with E-state index in [1.165, 1.54) is 0 Å². The van der Waals surface area contributed by atoms with Crippen molar-refractivity contribution in [3.63, 3.8) is 0 Å². The maximum Gasteiger partial charge on any atom is 0.340 e. The van der Waals surface area contributed by atoms with Crippen molar-refractivity contribution in [3.8, 4) is 0 Å². The lowest BCUT2D eigenvalue weighted by molar-refractivity contribution is -0.185. The van der Waals surface area contributed by atoms with Crippen LogP contribution < -0.4 is 0 Å². The van der Waals surface area contributed by atoms with Gasteiger partial charge in [0.05, 0.1) is 19.3 Å². The first-order valence-electron chi connectivity index (χ1n) is 8.61. The smallest absolute Gasteiger partial charge is 0.340 e. The third kappa shape index (κ3) is 4.15. The Morgan fingerprint density at radius 3 is 2.58 bits per heavy atom. The molecule has 1 aliphatic rings. The number of esters is 1. The predicted octanol–water partition coefficient (Wildman–Crippen LogP) is 2.93. The minimum atomic E-state index is -1.17. The van der Waals surface area contributed by atoms with E-state index >= 15 is 0 Å². The zero-order chi connectivity index (χ0) is 17.6. The normalized spacial score (nSPS) is 20.3. The van der Waals surface area contributed by atoms with Gasteiger partial charge in [0.25, 0.3) is 0 Å². The molecule has 1 fully saturated rings. The maximum atomic E-state index is 12.7. The van der Waals surface area contributed by atoms with Crippen LogP contribution in [0.3, 0.4) is 0 Å². The summed E-state index contributed by atoms with van der Waals surface area (Å²) in [5.74, 6) is -0.433. The number of ether oxygens (including phenoxy) is 2. The van der Waals surface area contributed by atoms with Crippen LogP contribution in [-0.2, 0) is 25.7 Å². The fourth-order valence-electron chi connectivity index (χ4n) is 3.25. The molecule has 0 aliphatic carbocycles. The van der Waals surface area contributed by atoms with Crippen molar-refractivity contribution in [2.24, 2.45) is 0 Å². The van der Waals surface area contributed by atoms with Crippen molar-refractivity contribution in [3.05, 3.63) is 35.9 Å². The summed E-state index contributed by atoms with van der Waals surface area (Å²) < 4.78 is 11.4. The zero-order valence-corrected chi connectivity index (χ0v) is 14.8. The van der Waals surface area contributed by atoms with Crippen molar-refractivity contribution in [2.75, 3.05) is 13.2 Å². The van der Waals surface area contributed by atoms with E-state index in [2.05, 4.69) is 0 Å². The highest BCUT2D eigenvalue weighted by Crippen LogP contribution is 2.31. The molecule has 1 aromatic carbocycles. The van der Waals surface area contributed by atoms with Crippen LogP contribution in [0.2, 0.25) is 0 Å². The van der Waals surface area contributed by atoms with Gasteiger partial charge in [0.15, 0.2) is 5.60 Å². The highest BCUT2D eigenvalue weighted by molar-refractivity contribution is 5.82. The Hall–Kier alpha value is -1.88. The van der Waals surface area contributed by atoms with Gasteiger partial charge >= 0.3 is 5.97 Å². The number of benzene rings is 1. The second-order valence-corrected chi connectivity index (χ2v) is 6.33. The summed E-state index contributed by atoms with van der Waals surface area (Å²) in [6, 6.07) is 9.41. The summed E-state index contributed by atoms with van der Waals surface area (Å²) in [5, 5.41) is 0. The number of hydrogen-bond donors (Lipinski definition) is 0. The molecule has 0 unspecified atom stereocenters. The van der Waals surface area contributed by atoms with Crippen molar-refractivity contribution < 1.29 is 19.1 Å². The fourth-order valence-corrected chi connectivity index (χ4v) is 3.25. The molecule has 2 atom stereocenters. The van der Waals surface area contributed by atoms with Crippen LogP contribution in [0.15, 0.2) is 30.3 Å². The third-order valence-corrected chi connectivity index (χ3v) is 4.61. The molecule has 0 spiro atoms. The van der Waals surface area contributed by atoms with E-state index in [9.17, 15) is 9.59 Å². The van der Waals surface area contributed by atoms with E-state index in [0.717, 1.165) is 24.8 Å². The maximum absolute atomic E-state index is 12.7. The van der Waals surface area contributed by atoms with Crippen molar-refractivity contribution >= 4 is 11.9 Å². The minimum Gasteiger partial charge on any atom is -0.464 e. The molecule has 0 radical (unpaired) electrons. The van der Waals surface area contributed by atoms with E-state index in [4.69, 9.17) is 9.47 Å². The van der Waals surface area contributed by atoms with Gasteiger partial charge in [0, 0.05) is 13.5 Å². The van der Waals surface area contributed by atoms with Crippen molar-refractivity contribution in [1.82, 2.24) is 4.90 Å². The average molecular weight is 333 g/mol. The van der Waals surface area contributed by atoms with Gasteiger partial charge in [-0.3, -0.25) is 4.79 Å². The van der Waals surface area contributed by atoms with Gasteiger partial charge in [0.1, 0.15) is 0 Å². The molecule has 24 heavy (non-hydrogen) atoms. The lowest BCUT2D eigenvalue weighted by atomic mass is 9.87. The third-order valence-electron chi connectivity index (χ3n) is 4.61. The summed E-state index contributed by atoms with van der Waals surface area (Å²) in [7, 11) is 0. The van der Waals surface area contributed by atoms with Gasteiger partial charge in [-0.1, -0.05) is 30.3 Å². The standard InChI is InChI=1S/C19H27NO4/c1-4-23-18(22)19(3,24-14-16-10-6-5-7-11-16)17-12-8-9-13-20(17)15(2)21/h5-7,10-11,17H,4,8-9,12-14H2,1-3H3/t17-,19+/m0/s1. The van der Waals surface area contributed by atoms with Crippen LogP contribution in [0.4, 0.5) is 0 Å². The van der Waals surface area contributed by atoms with Crippen molar-refractivity contribution in [1.29, 1.82) is 0 Å². The molecular weight excluding hydrogens is 306 g/mol. The number of hydrogen-bond acceptors (Lipinski definition) is 4. The van der Waals surface area contributed by atoms with E-state index < -0.39 is 11.6 Å². The molecule has 1 aliphatic heterocycles. The van der Waals surface area contributed by atoms with Crippen LogP contribution >= 0.6 is 0 Å². The molecule has 132 valence electrons. The van der Waals surface area contributed by atoms with Gasteiger partial charge in [-0.2, -0.15) is 0 Å². The van der Waals surface area contributed by atoms with Crippen LogP contribution in [0.25, 0.3) is 0 Å². The number of carbonyl (C=O) groups excluding carboxylic acids is 2. The SMILES string of the molecule is CCOC(=O)[C@](C)(OCc1ccccc1)[C@@H]1CCCCN1C(C)=O. The molecule has 1 amide bonds. The van der Waals surface area contributed by atoms with Gasteiger partial charge in [-0.15, -0.1) is 0 Å². The van der Waals surface area contributed by atoms with Gasteiger partial charge in [-0.25, -0.2) is 4.79 Å². The molecule has 0 N–H and O–H groups in total. The fraction of sp³-hybridized carbons (Fsp3) is 0.579. The molecular formula is C19H27NO4. The highest BCUT2D eigenvalue weighted by Gasteiger charge is 2.48. The summed E-state index contributed by atoms with van der Waals surface area (Å²) in [6.45, 7) is 6.32. The first-order chi connectivity index (χ1) is 11.5. The number of likely N-dealkylation sites (tertiary alicyclic amines) is 1. The average Bonchev–Trinajstić information content (AvgIpc) is 2.60.